The molecule has 0 spiro atoms. The predicted molar refractivity (Wildman–Crippen MR) is 190 cm³/mol. The summed E-state index contributed by atoms with van der Waals surface area (Å²) >= 11 is 0. The van der Waals surface area contributed by atoms with Gasteiger partial charge in [0, 0.05) is 16.3 Å². The summed E-state index contributed by atoms with van der Waals surface area (Å²) in [4.78, 5) is 5.61. The molecule has 8 aromatic carbocycles. The molecule has 10 rings (SSSR count). The SMILES string of the molecule is c1ccc2c(-c3cc(-c4c5ccccc5cc5ccccc45)nc4c3ccc3oc5ccc6ccccc6c5c34)cccc2c1. The molecular formula is C43H25NO. The van der Waals surface area contributed by atoms with Crippen molar-refractivity contribution in [3.63, 3.8) is 0 Å². The van der Waals surface area contributed by atoms with Crippen LogP contribution in [-0.4, -0.2) is 4.98 Å². The van der Waals surface area contributed by atoms with E-state index in [4.69, 9.17) is 9.40 Å². The maximum absolute atomic E-state index is 6.53. The fourth-order valence-corrected chi connectivity index (χ4v) is 7.41. The summed E-state index contributed by atoms with van der Waals surface area (Å²) in [7, 11) is 0. The molecule has 10 aromatic rings. The van der Waals surface area contributed by atoms with Crippen molar-refractivity contribution < 1.29 is 4.42 Å². The van der Waals surface area contributed by atoms with E-state index in [1.807, 2.05) is 0 Å². The first-order chi connectivity index (χ1) is 22.3. The van der Waals surface area contributed by atoms with Crippen LogP contribution in [-0.2, 0) is 0 Å². The van der Waals surface area contributed by atoms with Gasteiger partial charge in [0.15, 0.2) is 0 Å². The predicted octanol–water partition coefficient (Wildman–Crippen LogP) is 12.1. The molecule has 0 saturated carbocycles. The van der Waals surface area contributed by atoms with Crippen LogP contribution in [0.5, 0.6) is 0 Å². The zero-order valence-corrected chi connectivity index (χ0v) is 24.3. The van der Waals surface area contributed by atoms with Crippen LogP contribution in [0, 0.1) is 0 Å². The van der Waals surface area contributed by atoms with Gasteiger partial charge in [-0.1, -0.05) is 121 Å². The maximum Gasteiger partial charge on any atom is 0.137 e. The minimum absolute atomic E-state index is 0.852. The van der Waals surface area contributed by atoms with Gasteiger partial charge in [-0.15, -0.1) is 0 Å². The quantitative estimate of drug-likeness (QED) is 0.193. The molecule has 0 amide bonds. The molecule has 2 aromatic heterocycles. The van der Waals surface area contributed by atoms with Gasteiger partial charge in [0.25, 0.3) is 0 Å². The van der Waals surface area contributed by atoms with Crippen molar-refractivity contribution >= 4 is 75.9 Å². The first kappa shape index (κ1) is 24.5. The summed E-state index contributed by atoms with van der Waals surface area (Å²) in [5.41, 5.74) is 7.17. The maximum atomic E-state index is 6.53. The van der Waals surface area contributed by atoms with Crippen LogP contribution < -0.4 is 0 Å². The zero-order chi connectivity index (χ0) is 29.5. The largest absolute Gasteiger partial charge is 0.456 e. The summed E-state index contributed by atoms with van der Waals surface area (Å²) in [5, 5.41) is 12.9. The molecule has 0 saturated heterocycles. The lowest BCUT2D eigenvalue weighted by molar-refractivity contribution is 0.669. The van der Waals surface area contributed by atoms with Gasteiger partial charge >= 0.3 is 0 Å². The molecule has 0 atom stereocenters. The summed E-state index contributed by atoms with van der Waals surface area (Å²) in [6.45, 7) is 0. The summed E-state index contributed by atoms with van der Waals surface area (Å²) in [6.07, 6.45) is 0. The number of nitrogens with zero attached hydrogens (tertiary/aromatic N) is 1. The molecule has 0 aliphatic rings. The third kappa shape index (κ3) is 3.54. The Morgan fingerprint density at radius 2 is 0.956 bits per heavy atom. The van der Waals surface area contributed by atoms with Crippen molar-refractivity contribution in [3.05, 3.63) is 152 Å². The Morgan fingerprint density at radius 3 is 1.71 bits per heavy atom. The fourth-order valence-electron chi connectivity index (χ4n) is 7.41. The van der Waals surface area contributed by atoms with Gasteiger partial charge in [0.05, 0.1) is 16.6 Å². The van der Waals surface area contributed by atoms with Crippen LogP contribution in [0.15, 0.2) is 156 Å². The van der Waals surface area contributed by atoms with Crippen molar-refractivity contribution in [2.24, 2.45) is 0 Å². The van der Waals surface area contributed by atoms with Crippen molar-refractivity contribution in [3.8, 4) is 22.4 Å². The number of aromatic nitrogens is 1. The third-order valence-electron chi connectivity index (χ3n) is 9.41. The molecule has 0 bridgehead atoms. The van der Waals surface area contributed by atoms with E-state index in [1.165, 1.54) is 54.2 Å². The Bertz CT molecular complexity index is 2760. The van der Waals surface area contributed by atoms with E-state index in [0.29, 0.717) is 0 Å². The van der Waals surface area contributed by atoms with Gasteiger partial charge in [-0.3, -0.25) is 0 Å². The molecule has 208 valence electrons. The topological polar surface area (TPSA) is 26.0 Å². The number of benzene rings is 8. The average Bonchev–Trinajstić information content (AvgIpc) is 3.50. The Balaban J connectivity index is 1.45. The Kier molecular flexibility index (Phi) is 5.03. The normalized spacial score (nSPS) is 12.0. The molecule has 0 N–H and O–H groups in total. The van der Waals surface area contributed by atoms with Crippen LogP contribution in [0.25, 0.3) is 98.3 Å². The molecule has 2 nitrogen and oxygen atoms in total. The molecule has 0 fully saturated rings. The highest BCUT2D eigenvalue weighted by Gasteiger charge is 2.20. The number of rotatable bonds is 2. The van der Waals surface area contributed by atoms with Gasteiger partial charge < -0.3 is 4.42 Å². The number of hydrogen-bond acceptors (Lipinski definition) is 2. The molecule has 2 heteroatoms. The molecular weight excluding hydrogens is 546 g/mol. The fraction of sp³-hybridized carbons (Fsp3) is 0. The summed E-state index contributed by atoms with van der Waals surface area (Å²) in [6, 6.07) is 54.3. The number of pyridine rings is 1. The van der Waals surface area contributed by atoms with Crippen molar-refractivity contribution in [2.45, 2.75) is 0 Å². The van der Waals surface area contributed by atoms with E-state index in [9.17, 15) is 0 Å². The van der Waals surface area contributed by atoms with Gasteiger partial charge in [-0.05, 0) is 84.5 Å². The third-order valence-corrected chi connectivity index (χ3v) is 9.41. The van der Waals surface area contributed by atoms with E-state index in [2.05, 4.69) is 152 Å². The second kappa shape index (κ2) is 9.25. The monoisotopic (exact) mass is 571 g/mol. The van der Waals surface area contributed by atoms with Crippen LogP contribution >= 0.6 is 0 Å². The van der Waals surface area contributed by atoms with E-state index in [1.54, 1.807) is 0 Å². The van der Waals surface area contributed by atoms with Gasteiger partial charge in [0.1, 0.15) is 11.2 Å². The minimum Gasteiger partial charge on any atom is -0.456 e. The first-order valence-corrected chi connectivity index (χ1v) is 15.4. The minimum atomic E-state index is 0.852. The highest BCUT2D eigenvalue weighted by atomic mass is 16.3. The van der Waals surface area contributed by atoms with Gasteiger partial charge in [-0.2, -0.15) is 0 Å². The Labute approximate surface area is 258 Å². The van der Waals surface area contributed by atoms with E-state index in [0.717, 1.165) is 44.1 Å². The van der Waals surface area contributed by atoms with E-state index in [-0.39, 0.29) is 0 Å². The van der Waals surface area contributed by atoms with Crippen molar-refractivity contribution in [2.75, 3.05) is 0 Å². The molecule has 2 heterocycles. The van der Waals surface area contributed by atoms with Crippen LogP contribution in [0.4, 0.5) is 0 Å². The van der Waals surface area contributed by atoms with Crippen molar-refractivity contribution in [1.29, 1.82) is 0 Å². The van der Waals surface area contributed by atoms with E-state index < -0.39 is 0 Å². The molecule has 45 heavy (non-hydrogen) atoms. The summed E-state index contributed by atoms with van der Waals surface area (Å²) < 4.78 is 6.53. The summed E-state index contributed by atoms with van der Waals surface area (Å²) in [5.74, 6) is 0. The van der Waals surface area contributed by atoms with E-state index >= 15 is 0 Å². The lowest BCUT2D eigenvalue weighted by Gasteiger charge is -2.16. The smallest absolute Gasteiger partial charge is 0.137 e. The standard InChI is InChI=1S/C43H25NO/c1-5-15-30-26(10-1)14-9-19-34(30)36-25-37(40-32-17-7-3-12-28(32)24-29-13-4-8-18-33(29)40)44-43-35(36)21-23-39-42(43)41-31-16-6-2-11-27(31)20-22-38(41)45-39/h1-25H. The zero-order valence-electron chi connectivity index (χ0n) is 24.3. The number of fused-ring (bicyclic) bond motifs is 10. The first-order valence-electron chi connectivity index (χ1n) is 15.4. The lowest BCUT2D eigenvalue weighted by atomic mass is 9.90. The van der Waals surface area contributed by atoms with Crippen LogP contribution in [0.1, 0.15) is 0 Å². The number of furan rings is 1. The Hall–Kier alpha value is -5.99. The molecule has 0 aliphatic heterocycles. The molecule has 0 aliphatic carbocycles. The van der Waals surface area contributed by atoms with Crippen LogP contribution in [0.3, 0.4) is 0 Å². The van der Waals surface area contributed by atoms with Gasteiger partial charge in [0.2, 0.25) is 0 Å². The second-order valence-corrected chi connectivity index (χ2v) is 11.9. The average molecular weight is 572 g/mol. The second-order valence-electron chi connectivity index (χ2n) is 11.9. The van der Waals surface area contributed by atoms with Crippen molar-refractivity contribution in [1.82, 2.24) is 4.98 Å². The molecule has 0 unspecified atom stereocenters. The lowest BCUT2D eigenvalue weighted by Crippen LogP contribution is -1.93. The highest BCUT2D eigenvalue weighted by Crippen LogP contribution is 2.44. The number of hydrogen-bond donors (Lipinski definition) is 0. The Morgan fingerprint density at radius 1 is 0.378 bits per heavy atom. The van der Waals surface area contributed by atoms with Gasteiger partial charge in [-0.25, -0.2) is 4.98 Å². The highest BCUT2D eigenvalue weighted by molar-refractivity contribution is 6.27. The molecule has 0 radical (unpaired) electrons. The van der Waals surface area contributed by atoms with Crippen LogP contribution in [0.2, 0.25) is 0 Å².